The minimum atomic E-state index is -0.00721. The first-order valence-electron chi connectivity index (χ1n) is 11.2. The van der Waals surface area contributed by atoms with Crippen LogP contribution in [0.5, 0.6) is 0 Å². The highest BCUT2D eigenvalue weighted by atomic mass is 79.9. The molecule has 8 rings (SSSR count). The van der Waals surface area contributed by atoms with Crippen LogP contribution in [0.2, 0.25) is 0 Å². The topological polar surface area (TPSA) is 34.1 Å². The molecule has 0 saturated carbocycles. The number of rotatable bonds is 0. The summed E-state index contributed by atoms with van der Waals surface area (Å²) in [6.45, 7) is 0. The van der Waals surface area contributed by atoms with Crippen molar-refractivity contribution in [2.75, 3.05) is 0 Å². The van der Waals surface area contributed by atoms with Crippen molar-refractivity contribution in [2.24, 2.45) is 0 Å². The molecule has 0 saturated heterocycles. The fourth-order valence-corrected chi connectivity index (χ4v) is 8.31. The number of halogens is 4. The Morgan fingerprint density at radius 2 is 1.00 bits per heavy atom. The quantitative estimate of drug-likeness (QED) is 0.0888. The van der Waals surface area contributed by atoms with Gasteiger partial charge in [-0.1, -0.05) is 40.2 Å². The maximum atomic E-state index is 13.8. The number of hydrogen-bond donors (Lipinski definition) is 0. The summed E-state index contributed by atoms with van der Waals surface area (Å²) < 4.78 is 3.34. The van der Waals surface area contributed by atoms with E-state index in [2.05, 4.69) is 75.9 Å². The van der Waals surface area contributed by atoms with Crippen LogP contribution in [0.25, 0.3) is 75.4 Å². The minimum Gasteiger partial charge on any atom is -0.289 e. The highest BCUT2D eigenvalue weighted by Gasteiger charge is 2.23. The molecular weight excluding hydrogens is 712 g/mol. The Labute approximate surface area is 236 Å². The zero-order valence-corrected chi connectivity index (χ0v) is 24.4. The Bertz CT molecular complexity index is 2400. The molecule has 0 atom stereocenters. The lowest BCUT2D eigenvalue weighted by Gasteiger charge is -2.19. The van der Waals surface area contributed by atoms with E-state index in [9.17, 15) is 9.59 Å². The second-order valence-electron chi connectivity index (χ2n) is 9.25. The normalized spacial score (nSPS) is 12.7. The highest BCUT2D eigenvalue weighted by molar-refractivity contribution is 9.14. The van der Waals surface area contributed by atoms with E-state index in [0.29, 0.717) is 21.5 Å². The minimum absolute atomic E-state index is 0.00721. The van der Waals surface area contributed by atoms with Crippen LogP contribution < -0.4 is 10.9 Å². The van der Waals surface area contributed by atoms with Gasteiger partial charge in [0.1, 0.15) is 0 Å². The third-order valence-corrected chi connectivity index (χ3v) is 11.5. The predicted molar refractivity (Wildman–Crippen MR) is 166 cm³/mol. The zero-order valence-electron chi connectivity index (χ0n) is 18.1. The lowest BCUT2D eigenvalue weighted by Crippen LogP contribution is -2.07. The molecule has 0 N–H and O–H groups in total. The van der Waals surface area contributed by atoms with Crippen LogP contribution in [0.15, 0.2) is 88.1 Å². The van der Waals surface area contributed by atoms with Crippen LogP contribution >= 0.6 is 63.7 Å². The molecule has 8 aromatic rings. The van der Waals surface area contributed by atoms with Crippen molar-refractivity contribution < 1.29 is 0 Å². The number of hydrogen-bond acceptors (Lipinski definition) is 2. The summed E-state index contributed by atoms with van der Waals surface area (Å²) in [5.74, 6) is 0. The van der Waals surface area contributed by atoms with Crippen LogP contribution in [-0.4, -0.2) is 0 Å². The van der Waals surface area contributed by atoms with Gasteiger partial charge in [0.15, 0.2) is 10.9 Å². The van der Waals surface area contributed by atoms with Gasteiger partial charge in [-0.05, 0) is 122 Å². The number of fused-ring (bicyclic) bond motifs is 4. The van der Waals surface area contributed by atoms with E-state index in [1.54, 1.807) is 0 Å². The SMILES string of the molecule is O=c1c2cccc(Br)c2c2cc3ccc4c(=O)c5c(Br)c(Br)c(Br)cc5c5cc6ccc1c2c6c3c45. The molecule has 0 amide bonds. The van der Waals surface area contributed by atoms with Crippen LogP contribution in [0.3, 0.4) is 0 Å². The van der Waals surface area contributed by atoms with Gasteiger partial charge in [-0.2, -0.15) is 0 Å². The van der Waals surface area contributed by atoms with E-state index in [4.69, 9.17) is 0 Å². The van der Waals surface area contributed by atoms with Crippen molar-refractivity contribution in [1.29, 1.82) is 0 Å². The molecule has 0 unspecified atom stereocenters. The van der Waals surface area contributed by atoms with Crippen LogP contribution in [-0.2, 0) is 0 Å². The molecule has 0 fully saturated rings. The summed E-state index contributed by atoms with van der Waals surface area (Å²) in [7, 11) is 0. The summed E-state index contributed by atoms with van der Waals surface area (Å²) in [6.07, 6.45) is 0. The van der Waals surface area contributed by atoms with Gasteiger partial charge in [0.25, 0.3) is 0 Å². The Hall–Kier alpha value is -2.38. The van der Waals surface area contributed by atoms with Crippen molar-refractivity contribution in [3.05, 3.63) is 99.0 Å². The Morgan fingerprint density at radius 3 is 1.72 bits per heavy atom. The lowest BCUT2D eigenvalue weighted by molar-refractivity contribution is 1.60. The van der Waals surface area contributed by atoms with E-state index >= 15 is 0 Å². The van der Waals surface area contributed by atoms with Gasteiger partial charge in [-0.15, -0.1) is 0 Å². The van der Waals surface area contributed by atoms with Gasteiger partial charge in [0.05, 0.1) is 0 Å². The first-order valence-corrected chi connectivity index (χ1v) is 14.4. The Morgan fingerprint density at radius 1 is 0.417 bits per heavy atom. The third kappa shape index (κ3) is 2.47. The van der Waals surface area contributed by atoms with Gasteiger partial charge < -0.3 is 0 Å². The molecule has 0 radical (unpaired) electrons. The van der Waals surface area contributed by atoms with Gasteiger partial charge in [0, 0.05) is 55.6 Å². The van der Waals surface area contributed by atoms with Crippen molar-refractivity contribution >= 4 is 139 Å². The van der Waals surface area contributed by atoms with E-state index in [-0.39, 0.29) is 10.9 Å². The molecular formula is C30H10Br4O2. The summed E-state index contributed by atoms with van der Waals surface area (Å²) in [4.78, 5) is 27.5. The van der Waals surface area contributed by atoms with E-state index in [1.165, 1.54) is 0 Å². The van der Waals surface area contributed by atoms with Crippen molar-refractivity contribution in [2.45, 2.75) is 0 Å². The summed E-state index contributed by atoms with van der Waals surface area (Å²) >= 11 is 14.6. The van der Waals surface area contributed by atoms with Gasteiger partial charge in [0.2, 0.25) is 0 Å². The first kappa shape index (κ1) is 21.7. The molecule has 6 heteroatoms. The first-order chi connectivity index (χ1) is 17.4. The van der Waals surface area contributed by atoms with Crippen molar-refractivity contribution in [3.63, 3.8) is 0 Å². The molecule has 0 heterocycles. The smallest absolute Gasteiger partial charge is 0.195 e. The van der Waals surface area contributed by atoms with E-state index in [0.717, 1.165) is 71.8 Å². The standard InChI is InChI=1S/C30H10Br4O2/c31-19-3-1-2-13-23(19)18-9-12-5-7-15-24-16(17-10-20(32)27(33)28(34)26(17)30(15)36)8-11-4-6-14(29(13)35)25(18)22(11)21(12)24/h1-10H. The summed E-state index contributed by atoms with van der Waals surface area (Å²) in [5, 5.41) is 12.8. The molecule has 36 heavy (non-hydrogen) atoms. The second-order valence-corrected chi connectivity index (χ2v) is 12.5. The maximum Gasteiger partial charge on any atom is 0.195 e. The molecule has 0 aliphatic rings. The molecule has 0 aromatic heterocycles. The largest absolute Gasteiger partial charge is 0.289 e. The maximum absolute atomic E-state index is 13.8. The zero-order chi connectivity index (χ0) is 24.6. The van der Waals surface area contributed by atoms with E-state index < -0.39 is 0 Å². The molecule has 0 aliphatic carbocycles. The second kappa shape index (κ2) is 7.13. The molecule has 2 nitrogen and oxygen atoms in total. The predicted octanol–water partition coefficient (Wildman–Crippen LogP) is 9.84. The van der Waals surface area contributed by atoms with Crippen LogP contribution in [0.4, 0.5) is 0 Å². The molecule has 0 aliphatic heterocycles. The fourth-order valence-electron chi connectivity index (χ4n) is 6.12. The van der Waals surface area contributed by atoms with E-state index in [1.807, 2.05) is 48.5 Å². The fraction of sp³-hybridized carbons (Fsp3) is 0. The monoisotopic (exact) mass is 718 g/mol. The average molecular weight is 722 g/mol. The molecule has 0 spiro atoms. The Kier molecular flexibility index (Phi) is 4.30. The molecule has 0 bridgehead atoms. The van der Waals surface area contributed by atoms with Gasteiger partial charge in [-0.3, -0.25) is 9.59 Å². The lowest BCUT2D eigenvalue weighted by atomic mass is 9.84. The molecule has 170 valence electrons. The van der Waals surface area contributed by atoms with Crippen LogP contribution in [0.1, 0.15) is 0 Å². The van der Waals surface area contributed by atoms with Gasteiger partial charge in [-0.25, -0.2) is 0 Å². The van der Waals surface area contributed by atoms with Crippen molar-refractivity contribution in [3.8, 4) is 0 Å². The third-order valence-electron chi connectivity index (χ3n) is 7.56. The van der Waals surface area contributed by atoms with Crippen LogP contribution in [0, 0.1) is 0 Å². The molecule has 8 aromatic carbocycles. The highest BCUT2D eigenvalue weighted by Crippen LogP contribution is 2.47. The summed E-state index contributed by atoms with van der Waals surface area (Å²) in [5.41, 5.74) is 0.0237. The number of benzene rings is 8. The van der Waals surface area contributed by atoms with Gasteiger partial charge >= 0.3 is 0 Å². The van der Waals surface area contributed by atoms with Crippen molar-refractivity contribution in [1.82, 2.24) is 0 Å². The average Bonchev–Trinajstić information content (AvgIpc) is 2.87. The Balaban J connectivity index is 1.77. The summed E-state index contributed by atoms with van der Waals surface area (Å²) in [6, 6.07) is 20.1.